The molecule has 0 aromatic carbocycles. The van der Waals surface area contributed by atoms with E-state index in [1.54, 1.807) is 13.8 Å². The summed E-state index contributed by atoms with van der Waals surface area (Å²) in [7, 11) is -4.18. The standard InChI is InChI=1S/C27H49O5P/c1-18(2)32-33(29,30)31-16-6-7-19(3)23-10-11-24-22-9-8-20-17-21(28)12-14-26(20,4)25(22)13-15-27(23,24)5/h18-25,28H,6-17H2,1-5H3,(H,29,30)/p-1/t19-,20?,21-,22+,23-,24+,25+,26+,27-/m1/s1. The molecule has 0 aromatic heterocycles. The van der Waals surface area contributed by atoms with Crippen molar-refractivity contribution in [3.63, 3.8) is 0 Å². The molecule has 4 saturated carbocycles. The molecule has 10 atom stereocenters. The SMILES string of the molecule is CC(C)OP(=O)([O-])OCCC[C@@H](C)[C@H]1CC[C@H]2[C@@H]3CCC4C[C@H](O)CC[C@]4(C)[C@H]3CC[C@]12C. The summed E-state index contributed by atoms with van der Waals surface area (Å²) in [5.74, 6) is 4.59. The van der Waals surface area contributed by atoms with Crippen LogP contribution in [0.2, 0.25) is 0 Å². The highest BCUT2D eigenvalue weighted by atomic mass is 31.2. The van der Waals surface area contributed by atoms with Crippen LogP contribution >= 0.6 is 7.82 Å². The lowest BCUT2D eigenvalue weighted by Gasteiger charge is -2.61. The van der Waals surface area contributed by atoms with Gasteiger partial charge in [0.25, 0.3) is 7.82 Å². The second-order valence-corrected chi connectivity index (χ2v) is 14.2. The number of phosphoric ester groups is 1. The third kappa shape index (κ3) is 5.15. The van der Waals surface area contributed by atoms with Gasteiger partial charge in [-0.15, -0.1) is 0 Å². The molecular formula is C27H48O5P-. The zero-order chi connectivity index (χ0) is 24.0. The molecule has 4 fully saturated rings. The van der Waals surface area contributed by atoms with Crippen LogP contribution in [0.3, 0.4) is 0 Å². The number of hydrogen-bond donors (Lipinski definition) is 1. The molecule has 0 spiro atoms. The van der Waals surface area contributed by atoms with Gasteiger partial charge in [0, 0.05) is 0 Å². The molecule has 33 heavy (non-hydrogen) atoms. The van der Waals surface area contributed by atoms with E-state index in [-0.39, 0.29) is 18.8 Å². The van der Waals surface area contributed by atoms with E-state index in [1.807, 2.05) is 0 Å². The Morgan fingerprint density at radius 2 is 1.70 bits per heavy atom. The quantitative estimate of drug-likeness (QED) is 0.322. The first-order chi connectivity index (χ1) is 15.5. The van der Waals surface area contributed by atoms with Crippen LogP contribution < -0.4 is 4.89 Å². The first-order valence-corrected chi connectivity index (χ1v) is 15.2. The maximum atomic E-state index is 11.8. The van der Waals surface area contributed by atoms with Crippen molar-refractivity contribution in [1.29, 1.82) is 0 Å². The van der Waals surface area contributed by atoms with Crippen LogP contribution in [0.4, 0.5) is 0 Å². The summed E-state index contributed by atoms with van der Waals surface area (Å²) >= 11 is 0. The van der Waals surface area contributed by atoms with Crippen molar-refractivity contribution in [1.82, 2.24) is 0 Å². The number of rotatable bonds is 8. The Morgan fingerprint density at radius 1 is 1.00 bits per heavy atom. The normalized spacial score (nSPS) is 45.7. The monoisotopic (exact) mass is 483 g/mol. The van der Waals surface area contributed by atoms with E-state index in [9.17, 15) is 14.6 Å². The molecule has 0 aliphatic heterocycles. The van der Waals surface area contributed by atoms with Crippen molar-refractivity contribution in [2.45, 2.75) is 117 Å². The lowest BCUT2D eigenvalue weighted by molar-refractivity contribution is -0.228. The van der Waals surface area contributed by atoms with Gasteiger partial charge in [-0.05, 0) is 131 Å². The van der Waals surface area contributed by atoms with Gasteiger partial charge in [0.1, 0.15) is 0 Å². The number of aliphatic hydroxyl groups is 1. The highest BCUT2D eigenvalue weighted by Gasteiger charge is 2.60. The molecule has 6 heteroatoms. The molecule has 0 saturated heterocycles. The van der Waals surface area contributed by atoms with E-state index in [4.69, 9.17) is 9.05 Å². The van der Waals surface area contributed by atoms with E-state index in [2.05, 4.69) is 20.8 Å². The van der Waals surface area contributed by atoms with Crippen LogP contribution in [-0.4, -0.2) is 23.9 Å². The van der Waals surface area contributed by atoms with Crippen molar-refractivity contribution in [3.05, 3.63) is 0 Å². The Kier molecular flexibility index (Phi) is 7.80. The van der Waals surface area contributed by atoms with E-state index in [0.29, 0.717) is 16.7 Å². The highest BCUT2D eigenvalue weighted by molar-refractivity contribution is 7.45. The van der Waals surface area contributed by atoms with Gasteiger partial charge in [-0.1, -0.05) is 20.8 Å². The summed E-state index contributed by atoms with van der Waals surface area (Å²) in [5, 5.41) is 10.3. The van der Waals surface area contributed by atoms with Crippen LogP contribution in [0.25, 0.3) is 0 Å². The molecular weight excluding hydrogens is 435 g/mol. The van der Waals surface area contributed by atoms with Gasteiger partial charge < -0.3 is 19.0 Å². The molecule has 0 amide bonds. The van der Waals surface area contributed by atoms with E-state index in [0.717, 1.165) is 55.3 Å². The van der Waals surface area contributed by atoms with Crippen molar-refractivity contribution in [2.24, 2.45) is 46.3 Å². The fraction of sp³-hybridized carbons (Fsp3) is 1.00. The van der Waals surface area contributed by atoms with Gasteiger partial charge in [-0.2, -0.15) is 0 Å². The molecule has 5 nitrogen and oxygen atoms in total. The van der Waals surface area contributed by atoms with Crippen LogP contribution in [0.1, 0.15) is 105 Å². The topological polar surface area (TPSA) is 78.8 Å². The predicted octanol–water partition coefficient (Wildman–Crippen LogP) is 6.33. The van der Waals surface area contributed by atoms with Crippen molar-refractivity contribution < 1.29 is 23.6 Å². The van der Waals surface area contributed by atoms with Crippen LogP contribution in [-0.2, 0) is 13.6 Å². The van der Waals surface area contributed by atoms with Crippen LogP contribution in [0.5, 0.6) is 0 Å². The molecule has 2 unspecified atom stereocenters. The number of hydrogen-bond acceptors (Lipinski definition) is 5. The maximum Gasteiger partial charge on any atom is 0.268 e. The summed E-state index contributed by atoms with van der Waals surface area (Å²) in [4.78, 5) is 11.8. The Bertz CT molecular complexity index is 727. The molecule has 0 bridgehead atoms. The Morgan fingerprint density at radius 3 is 2.42 bits per heavy atom. The number of aliphatic hydroxyl groups excluding tert-OH is 1. The van der Waals surface area contributed by atoms with Gasteiger partial charge in [-0.3, -0.25) is 4.57 Å². The van der Waals surface area contributed by atoms with Crippen LogP contribution in [0, 0.1) is 46.3 Å². The molecule has 1 N–H and O–H groups in total. The number of phosphoric acid groups is 1. The third-order valence-corrected chi connectivity index (χ3v) is 12.0. The molecule has 4 aliphatic carbocycles. The third-order valence-electron chi connectivity index (χ3n) is 10.8. The lowest BCUT2D eigenvalue weighted by atomic mass is 9.44. The van der Waals surface area contributed by atoms with Crippen LogP contribution in [0.15, 0.2) is 0 Å². The predicted molar refractivity (Wildman–Crippen MR) is 129 cm³/mol. The molecule has 0 radical (unpaired) electrons. The Hall–Kier alpha value is 0.0700. The van der Waals surface area contributed by atoms with Crippen molar-refractivity contribution in [3.8, 4) is 0 Å². The van der Waals surface area contributed by atoms with Gasteiger partial charge in [0.2, 0.25) is 0 Å². The minimum absolute atomic E-state index is 0.0679. The first kappa shape index (κ1) is 26.1. The largest absolute Gasteiger partial charge is 0.756 e. The summed E-state index contributed by atoms with van der Waals surface area (Å²) in [6.45, 7) is 11.2. The minimum atomic E-state index is -4.18. The first-order valence-electron chi connectivity index (χ1n) is 13.8. The summed E-state index contributed by atoms with van der Waals surface area (Å²) in [6.07, 6.45) is 12.6. The molecule has 0 aromatic rings. The smallest absolute Gasteiger partial charge is 0.268 e. The zero-order valence-corrected chi connectivity index (χ0v) is 22.5. The molecule has 4 aliphatic rings. The summed E-state index contributed by atoms with van der Waals surface area (Å²) < 4.78 is 21.8. The lowest BCUT2D eigenvalue weighted by Crippen LogP contribution is -2.54. The van der Waals surface area contributed by atoms with Gasteiger partial charge >= 0.3 is 0 Å². The van der Waals surface area contributed by atoms with E-state index >= 15 is 0 Å². The number of fused-ring (bicyclic) bond motifs is 5. The van der Waals surface area contributed by atoms with Gasteiger partial charge in [0.15, 0.2) is 0 Å². The fourth-order valence-electron chi connectivity index (χ4n) is 9.28. The molecule has 192 valence electrons. The maximum absolute atomic E-state index is 11.8. The summed E-state index contributed by atoms with van der Waals surface area (Å²) in [6, 6.07) is 0. The Balaban J connectivity index is 1.34. The second kappa shape index (κ2) is 9.85. The van der Waals surface area contributed by atoms with E-state index < -0.39 is 7.82 Å². The molecule has 4 rings (SSSR count). The van der Waals surface area contributed by atoms with Gasteiger partial charge in [-0.25, -0.2) is 0 Å². The zero-order valence-electron chi connectivity index (χ0n) is 21.6. The average Bonchev–Trinajstić information content (AvgIpc) is 3.08. The van der Waals surface area contributed by atoms with Gasteiger partial charge in [0.05, 0.1) is 18.8 Å². The fourth-order valence-corrected chi connectivity index (χ4v) is 10.2. The second-order valence-electron chi connectivity index (χ2n) is 12.9. The minimum Gasteiger partial charge on any atom is -0.756 e. The molecule has 0 heterocycles. The van der Waals surface area contributed by atoms with E-state index in [1.165, 1.54) is 44.9 Å². The van der Waals surface area contributed by atoms with Crippen molar-refractivity contribution in [2.75, 3.05) is 6.61 Å². The summed E-state index contributed by atoms with van der Waals surface area (Å²) in [5.41, 5.74) is 0.863. The average molecular weight is 484 g/mol. The Labute approximate surface area is 202 Å². The highest BCUT2D eigenvalue weighted by Crippen LogP contribution is 2.68. The van der Waals surface area contributed by atoms with Crippen molar-refractivity contribution >= 4 is 7.82 Å².